The molecule has 0 bridgehead atoms. The Morgan fingerprint density at radius 2 is 2.29 bits per heavy atom. The van der Waals surface area contributed by atoms with Gasteiger partial charge in [0.05, 0.1) is 7.11 Å². The number of amides is 1. The van der Waals surface area contributed by atoms with Gasteiger partial charge in [0.2, 0.25) is 5.91 Å². The number of methoxy groups -OCH3 is 1. The van der Waals surface area contributed by atoms with Crippen LogP contribution in [0.4, 0.5) is 5.69 Å². The molecule has 0 fully saturated rings. The van der Waals surface area contributed by atoms with Crippen LogP contribution in [0, 0.1) is 5.92 Å². The highest BCUT2D eigenvalue weighted by Crippen LogP contribution is 2.33. The van der Waals surface area contributed by atoms with Gasteiger partial charge in [0.25, 0.3) is 0 Å². The van der Waals surface area contributed by atoms with Crippen molar-refractivity contribution in [1.29, 1.82) is 0 Å². The maximum Gasteiger partial charge on any atom is 0.230 e. The van der Waals surface area contributed by atoms with Crippen molar-refractivity contribution in [3.8, 4) is 5.75 Å². The van der Waals surface area contributed by atoms with E-state index in [0.29, 0.717) is 12.8 Å². The number of fused-ring (bicyclic) bond motifs is 1. The van der Waals surface area contributed by atoms with Crippen molar-refractivity contribution in [2.45, 2.75) is 12.8 Å². The Labute approximate surface area is 101 Å². The second-order valence-corrected chi connectivity index (χ2v) is 4.31. The number of hydrogen-bond acceptors (Lipinski definition) is 3. The van der Waals surface area contributed by atoms with E-state index in [-0.39, 0.29) is 18.4 Å². The number of aliphatic hydroxyl groups excluding tert-OH is 1. The van der Waals surface area contributed by atoms with Crippen molar-refractivity contribution >= 4 is 11.6 Å². The number of hydrogen-bond donors (Lipinski definition) is 1. The van der Waals surface area contributed by atoms with Gasteiger partial charge in [-0.2, -0.15) is 0 Å². The number of aliphatic hydroxyl groups is 1. The molecule has 1 aliphatic heterocycles. The SMILES string of the molecule is COc1ccc2c(c1)CC(CCO)C(=O)N2C. The van der Waals surface area contributed by atoms with Gasteiger partial charge < -0.3 is 14.7 Å². The smallest absolute Gasteiger partial charge is 0.230 e. The zero-order chi connectivity index (χ0) is 12.4. The van der Waals surface area contributed by atoms with Crippen LogP contribution in [0.15, 0.2) is 18.2 Å². The molecule has 0 spiro atoms. The van der Waals surface area contributed by atoms with E-state index in [2.05, 4.69) is 0 Å². The lowest BCUT2D eigenvalue weighted by Crippen LogP contribution is -2.38. The molecule has 17 heavy (non-hydrogen) atoms. The average Bonchev–Trinajstić information content (AvgIpc) is 2.35. The van der Waals surface area contributed by atoms with Crippen molar-refractivity contribution in [2.75, 3.05) is 25.7 Å². The van der Waals surface area contributed by atoms with E-state index >= 15 is 0 Å². The molecule has 4 heteroatoms. The Kier molecular flexibility index (Phi) is 3.33. The Balaban J connectivity index is 2.35. The number of carbonyl (C=O) groups excluding carboxylic acids is 1. The minimum atomic E-state index is -0.121. The van der Waals surface area contributed by atoms with Crippen LogP contribution in [0.25, 0.3) is 0 Å². The normalized spacial score (nSPS) is 19.1. The van der Waals surface area contributed by atoms with Crippen LogP contribution in [0.2, 0.25) is 0 Å². The zero-order valence-electron chi connectivity index (χ0n) is 10.1. The van der Waals surface area contributed by atoms with Gasteiger partial charge in [-0.3, -0.25) is 4.79 Å². The fraction of sp³-hybridized carbons (Fsp3) is 0.462. The molecule has 1 unspecified atom stereocenters. The summed E-state index contributed by atoms with van der Waals surface area (Å²) < 4.78 is 5.18. The molecule has 1 amide bonds. The lowest BCUT2D eigenvalue weighted by Gasteiger charge is -2.31. The van der Waals surface area contributed by atoms with Crippen LogP contribution in [-0.4, -0.2) is 31.8 Å². The molecular weight excluding hydrogens is 218 g/mol. The average molecular weight is 235 g/mol. The Bertz CT molecular complexity index is 431. The van der Waals surface area contributed by atoms with Crippen LogP contribution in [0.1, 0.15) is 12.0 Å². The highest BCUT2D eigenvalue weighted by molar-refractivity contribution is 5.97. The second kappa shape index (κ2) is 4.75. The van der Waals surface area contributed by atoms with Crippen LogP contribution < -0.4 is 9.64 Å². The molecule has 2 rings (SSSR count). The van der Waals surface area contributed by atoms with E-state index in [1.165, 1.54) is 0 Å². The van der Waals surface area contributed by atoms with Crippen molar-refractivity contribution in [3.63, 3.8) is 0 Å². The van der Waals surface area contributed by atoms with Gasteiger partial charge in [0.1, 0.15) is 5.75 Å². The van der Waals surface area contributed by atoms with Crippen molar-refractivity contribution in [3.05, 3.63) is 23.8 Å². The predicted octanol–water partition coefficient (Wildman–Crippen LogP) is 1.21. The lowest BCUT2D eigenvalue weighted by atomic mass is 9.90. The van der Waals surface area contributed by atoms with Crippen molar-refractivity contribution in [1.82, 2.24) is 0 Å². The maximum absolute atomic E-state index is 12.0. The first-order valence-corrected chi connectivity index (χ1v) is 5.72. The minimum Gasteiger partial charge on any atom is -0.497 e. The summed E-state index contributed by atoms with van der Waals surface area (Å²) in [7, 11) is 3.40. The van der Waals surface area contributed by atoms with E-state index in [1.807, 2.05) is 18.2 Å². The molecular formula is C13H17NO3. The third-order valence-electron chi connectivity index (χ3n) is 3.27. The highest BCUT2D eigenvalue weighted by Gasteiger charge is 2.30. The summed E-state index contributed by atoms with van der Waals surface area (Å²) in [4.78, 5) is 13.7. The third-order valence-corrected chi connectivity index (χ3v) is 3.27. The maximum atomic E-state index is 12.0. The van der Waals surface area contributed by atoms with Crippen LogP contribution >= 0.6 is 0 Å². The summed E-state index contributed by atoms with van der Waals surface area (Å²) in [5, 5.41) is 8.98. The van der Waals surface area contributed by atoms with Crippen LogP contribution in [0.5, 0.6) is 5.75 Å². The van der Waals surface area contributed by atoms with E-state index in [9.17, 15) is 4.79 Å². The molecule has 0 saturated carbocycles. The summed E-state index contributed by atoms with van der Waals surface area (Å²) in [6.07, 6.45) is 1.19. The molecule has 1 heterocycles. The van der Waals surface area contributed by atoms with Gasteiger partial charge in [0.15, 0.2) is 0 Å². The van der Waals surface area contributed by atoms with Gasteiger partial charge >= 0.3 is 0 Å². The molecule has 0 aliphatic carbocycles. The van der Waals surface area contributed by atoms with Gasteiger partial charge in [-0.25, -0.2) is 0 Å². The Morgan fingerprint density at radius 1 is 1.53 bits per heavy atom. The zero-order valence-corrected chi connectivity index (χ0v) is 10.1. The summed E-state index contributed by atoms with van der Waals surface area (Å²) >= 11 is 0. The first-order valence-electron chi connectivity index (χ1n) is 5.72. The molecule has 1 aliphatic rings. The first kappa shape index (κ1) is 11.9. The number of rotatable bonds is 3. The quantitative estimate of drug-likeness (QED) is 0.856. The van der Waals surface area contributed by atoms with E-state index in [4.69, 9.17) is 9.84 Å². The lowest BCUT2D eigenvalue weighted by molar-refractivity contribution is -0.123. The second-order valence-electron chi connectivity index (χ2n) is 4.31. The fourth-order valence-corrected chi connectivity index (χ4v) is 2.31. The molecule has 1 aromatic rings. The summed E-state index contributed by atoms with van der Waals surface area (Å²) in [5.74, 6) is 0.760. The molecule has 4 nitrogen and oxygen atoms in total. The van der Waals surface area contributed by atoms with Gasteiger partial charge in [-0.1, -0.05) is 0 Å². The summed E-state index contributed by atoms with van der Waals surface area (Å²) in [6, 6.07) is 5.72. The molecule has 1 atom stereocenters. The highest BCUT2D eigenvalue weighted by atomic mass is 16.5. The molecule has 1 N–H and O–H groups in total. The molecule has 1 aromatic carbocycles. The van der Waals surface area contributed by atoms with Crippen LogP contribution in [0.3, 0.4) is 0 Å². The number of anilines is 1. The first-order chi connectivity index (χ1) is 8.17. The van der Waals surface area contributed by atoms with Gasteiger partial charge in [-0.05, 0) is 36.6 Å². The Hall–Kier alpha value is -1.55. The molecule has 0 radical (unpaired) electrons. The topological polar surface area (TPSA) is 49.8 Å². The van der Waals surface area contributed by atoms with E-state index < -0.39 is 0 Å². The number of carbonyl (C=O) groups is 1. The largest absolute Gasteiger partial charge is 0.497 e. The van der Waals surface area contributed by atoms with E-state index in [1.54, 1.807) is 19.1 Å². The van der Waals surface area contributed by atoms with E-state index in [0.717, 1.165) is 17.0 Å². The molecule has 0 aromatic heterocycles. The molecule has 92 valence electrons. The third kappa shape index (κ3) is 2.13. The standard InChI is InChI=1S/C13H17NO3/c1-14-12-4-3-11(17-2)8-10(12)7-9(5-6-15)13(14)16/h3-4,8-9,15H,5-7H2,1-2H3. The fourth-order valence-electron chi connectivity index (χ4n) is 2.31. The summed E-state index contributed by atoms with van der Waals surface area (Å²) in [5.41, 5.74) is 2.04. The van der Waals surface area contributed by atoms with Crippen LogP contribution in [-0.2, 0) is 11.2 Å². The number of nitrogens with zero attached hydrogens (tertiary/aromatic N) is 1. The summed E-state index contributed by atoms with van der Waals surface area (Å²) in [6.45, 7) is 0.0452. The molecule has 0 saturated heterocycles. The predicted molar refractivity (Wildman–Crippen MR) is 65.3 cm³/mol. The minimum absolute atomic E-state index is 0.0452. The van der Waals surface area contributed by atoms with Crippen molar-refractivity contribution < 1.29 is 14.6 Å². The number of ether oxygens (including phenoxy) is 1. The van der Waals surface area contributed by atoms with Gasteiger partial charge in [-0.15, -0.1) is 0 Å². The van der Waals surface area contributed by atoms with Gasteiger partial charge in [0, 0.05) is 25.3 Å². The number of benzene rings is 1. The monoisotopic (exact) mass is 235 g/mol. The Morgan fingerprint density at radius 3 is 2.94 bits per heavy atom. The van der Waals surface area contributed by atoms with Crippen molar-refractivity contribution in [2.24, 2.45) is 5.92 Å².